The highest BCUT2D eigenvalue weighted by atomic mass is 15.0. The van der Waals surface area contributed by atoms with Gasteiger partial charge in [0.2, 0.25) is 0 Å². The summed E-state index contributed by atoms with van der Waals surface area (Å²) >= 11 is 0. The van der Waals surface area contributed by atoms with Crippen molar-refractivity contribution >= 4 is 33.3 Å². The molecule has 0 amide bonds. The second kappa shape index (κ2) is 7.04. The van der Waals surface area contributed by atoms with Crippen molar-refractivity contribution in [2.45, 2.75) is 12.3 Å². The van der Waals surface area contributed by atoms with E-state index in [1.165, 1.54) is 48.9 Å². The highest BCUT2D eigenvalue weighted by Gasteiger charge is 2.32. The number of rotatable bonds is 2. The van der Waals surface area contributed by atoms with Crippen molar-refractivity contribution in [2.75, 3.05) is 0 Å². The van der Waals surface area contributed by atoms with Gasteiger partial charge in [0.25, 0.3) is 0 Å². The van der Waals surface area contributed by atoms with Crippen LogP contribution in [0, 0.1) is 0 Å². The van der Waals surface area contributed by atoms with Crippen LogP contribution in [0.25, 0.3) is 50.3 Å². The van der Waals surface area contributed by atoms with Crippen LogP contribution < -0.4 is 10.6 Å². The maximum absolute atomic E-state index is 4.88. The van der Waals surface area contributed by atoms with Crippen LogP contribution in [0.15, 0.2) is 109 Å². The number of hydrogen-bond acceptors (Lipinski definition) is 1. The van der Waals surface area contributed by atoms with Crippen molar-refractivity contribution in [1.82, 2.24) is 9.55 Å². The molecule has 2 heterocycles. The van der Waals surface area contributed by atoms with Gasteiger partial charge >= 0.3 is 0 Å². The van der Waals surface area contributed by atoms with Crippen LogP contribution in [0.1, 0.15) is 23.5 Å². The molecular formula is C33H22N2. The minimum absolute atomic E-state index is 0.392. The molecule has 0 saturated carbocycles. The Bertz CT molecular complexity index is 1900. The Morgan fingerprint density at radius 3 is 2.43 bits per heavy atom. The standard InChI is InChI=1S/C33H22N2/c1-2-8-21(9-3-1)29-19-16-23(20-34-29)35-30-15-5-4-12-24(30)27-18-17-26-25-13-6-10-22-11-7-14-28(31(22)25)32(26)33(27)35/h1-16,18-20,26H,17H2. The predicted octanol–water partition coefficient (Wildman–Crippen LogP) is 6.33. The summed E-state index contributed by atoms with van der Waals surface area (Å²) < 4.78 is 2.44. The maximum atomic E-state index is 4.88. The molecule has 0 spiro atoms. The number of benzene rings is 4. The molecule has 0 N–H and O–H groups in total. The lowest BCUT2D eigenvalue weighted by atomic mass is 9.88. The summed E-state index contributed by atoms with van der Waals surface area (Å²) in [5.41, 5.74) is 8.78. The summed E-state index contributed by atoms with van der Waals surface area (Å²) in [6, 6.07) is 37.1. The van der Waals surface area contributed by atoms with Crippen molar-refractivity contribution in [3.63, 3.8) is 0 Å². The first-order chi connectivity index (χ1) is 17.4. The van der Waals surface area contributed by atoms with E-state index in [2.05, 4.69) is 108 Å². The molecule has 0 radical (unpaired) electrons. The predicted molar refractivity (Wildman–Crippen MR) is 144 cm³/mol. The van der Waals surface area contributed by atoms with Crippen molar-refractivity contribution in [3.05, 3.63) is 131 Å². The van der Waals surface area contributed by atoms with Crippen molar-refractivity contribution in [2.24, 2.45) is 0 Å². The molecule has 2 aromatic heterocycles. The van der Waals surface area contributed by atoms with Gasteiger partial charge in [-0.25, -0.2) is 0 Å². The molecule has 2 nitrogen and oxygen atoms in total. The number of para-hydroxylation sites is 1. The summed E-state index contributed by atoms with van der Waals surface area (Å²) in [5.74, 6) is 0.392. The fourth-order valence-electron chi connectivity index (χ4n) is 6.30. The quantitative estimate of drug-likeness (QED) is 0.304. The van der Waals surface area contributed by atoms with Gasteiger partial charge in [-0.1, -0.05) is 91.0 Å². The minimum Gasteiger partial charge on any atom is -0.307 e. The van der Waals surface area contributed by atoms with Crippen LogP contribution in [0.4, 0.5) is 0 Å². The number of hydrogen-bond donors (Lipinski definition) is 0. The Morgan fingerprint density at radius 1 is 0.743 bits per heavy atom. The first kappa shape index (κ1) is 18.9. The summed E-state index contributed by atoms with van der Waals surface area (Å²) in [7, 11) is 0. The van der Waals surface area contributed by atoms with E-state index in [9.17, 15) is 0 Å². The van der Waals surface area contributed by atoms with E-state index in [1.54, 1.807) is 0 Å². The molecule has 1 unspecified atom stereocenters. The first-order valence-corrected chi connectivity index (χ1v) is 12.3. The SMILES string of the molecule is C1=c2c(n(-c3ccc(-c4ccccc4)nc3)c3ccccc23)=C2c3cccc4cccc(c34)C2C1. The average molecular weight is 447 g/mol. The molecule has 1 atom stereocenters. The lowest BCUT2D eigenvalue weighted by molar-refractivity contribution is 0.897. The molecule has 164 valence electrons. The van der Waals surface area contributed by atoms with Gasteiger partial charge in [-0.2, -0.15) is 0 Å². The van der Waals surface area contributed by atoms with E-state index in [4.69, 9.17) is 4.98 Å². The van der Waals surface area contributed by atoms with Gasteiger partial charge in [0, 0.05) is 22.1 Å². The Balaban J connectivity index is 1.47. The molecule has 6 aromatic rings. The lowest BCUT2D eigenvalue weighted by Crippen LogP contribution is -2.35. The zero-order valence-electron chi connectivity index (χ0n) is 19.1. The molecule has 0 fully saturated rings. The maximum Gasteiger partial charge on any atom is 0.0703 e. The van der Waals surface area contributed by atoms with Crippen molar-refractivity contribution in [3.8, 4) is 16.9 Å². The van der Waals surface area contributed by atoms with Crippen LogP contribution in [0.2, 0.25) is 0 Å². The van der Waals surface area contributed by atoms with Gasteiger partial charge in [-0.3, -0.25) is 4.98 Å². The smallest absolute Gasteiger partial charge is 0.0703 e. The molecule has 2 aliphatic carbocycles. The van der Waals surface area contributed by atoms with Gasteiger partial charge < -0.3 is 4.57 Å². The molecule has 0 bridgehead atoms. The van der Waals surface area contributed by atoms with E-state index in [0.717, 1.165) is 23.4 Å². The van der Waals surface area contributed by atoms with Crippen LogP contribution in [0.5, 0.6) is 0 Å². The van der Waals surface area contributed by atoms with Gasteiger partial charge in [0.05, 0.1) is 28.4 Å². The molecule has 2 aliphatic rings. The van der Waals surface area contributed by atoms with E-state index >= 15 is 0 Å². The molecule has 0 aliphatic heterocycles. The lowest BCUT2D eigenvalue weighted by Gasteiger charge is -2.17. The van der Waals surface area contributed by atoms with Gasteiger partial charge in [-0.15, -0.1) is 0 Å². The third-order valence-electron chi connectivity index (χ3n) is 7.75. The highest BCUT2D eigenvalue weighted by molar-refractivity contribution is 6.04. The molecular weight excluding hydrogens is 424 g/mol. The topological polar surface area (TPSA) is 17.8 Å². The summed E-state index contributed by atoms with van der Waals surface area (Å²) in [6.07, 6.45) is 5.52. The molecule has 35 heavy (non-hydrogen) atoms. The summed E-state index contributed by atoms with van der Waals surface area (Å²) in [5, 5.41) is 6.73. The molecule has 2 heteroatoms. The summed E-state index contributed by atoms with van der Waals surface area (Å²) in [4.78, 5) is 4.88. The number of aromatic nitrogens is 2. The second-order valence-corrected chi connectivity index (χ2v) is 9.54. The van der Waals surface area contributed by atoms with E-state index < -0.39 is 0 Å². The Hall–Kier alpha value is -4.43. The minimum atomic E-state index is 0.392. The molecule has 4 aromatic carbocycles. The third-order valence-corrected chi connectivity index (χ3v) is 7.75. The Labute approximate surface area is 203 Å². The van der Waals surface area contributed by atoms with Gasteiger partial charge in [0.15, 0.2) is 0 Å². The van der Waals surface area contributed by atoms with E-state index in [1.807, 2.05) is 12.3 Å². The number of nitrogens with zero attached hydrogens (tertiary/aromatic N) is 2. The van der Waals surface area contributed by atoms with Crippen LogP contribution in [-0.4, -0.2) is 9.55 Å². The van der Waals surface area contributed by atoms with Gasteiger partial charge in [-0.05, 0) is 52.1 Å². The second-order valence-electron chi connectivity index (χ2n) is 9.54. The average Bonchev–Trinajstić information content (AvgIpc) is 3.44. The van der Waals surface area contributed by atoms with Crippen molar-refractivity contribution < 1.29 is 0 Å². The first-order valence-electron chi connectivity index (χ1n) is 12.3. The van der Waals surface area contributed by atoms with Gasteiger partial charge in [0.1, 0.15) is 0 Å². The highest BCUT2D eigenvalue weighted by Crippen LogP contribution is 2.47. The Kier molecular flexibility index (Phi) is 3.81. The monoisotopic (exact) mass is 446 g/mol. The number of pyridine rings is 1. The van der Waals surface area contributed by atoms with E-state index in [0.29, 0.717) is 5.92 Å². The fraction of sp³-hybridized carbons (Fsp3) is 0.0606. The summed E-state index contributed by atoms with van der Waals surface area (Å²) in [6.45, 7) is 0. The normalized spacial score (nSPS) is 15.8. The molecule has 0 saturated heterocycles. The van der Waals surface area contributed by atoms with Crippen LogP contribution >= 0.6 is 0 Å². The number of fused-ring (bicyclic) bond motifs is 6. The largest absolute Gasteiger partial charge is 0.307 e. The van der Waals surface area contributed by atoms with Crippen LogP contribution in [0.3, 0.4) is 0 Å². The zero-order valence-corrected chi connectivity index (χ0v) is 19.1. The third kappa shape index (κ3) is 2.57. The Morgan fingerprint density at radius 2 is 1.57 bits per heavy atom. The molecule has 8 rings (SSSR count). The van der Waals surface area contributed by atoms with E-state index in [-0.39, 0.29) is 0 Å². The fourth-order valence-corrected chi connectivity index (χ4v) is 6.30. The van der Waals surface area contributed by atoms with Crippen molar-refractivity contribution in [1.29, 1.82) is 0 Å². The zero-order chi connectivity index (χ0) is 22.9. The van der Waals surface area contributed by atoms with Crippen LogP contribution in [-0.2, 0) is 0 Å².